The SMILES string of the molecule is Nc1cc(C(=O)O)c2oc(=O)sc2c1. The highest BCUT2D eigenvalue weighted by molar-refractivity contribution is 7.16. The van der Waals surface area contributed by atoms with E-state index in [1.807, 2.05) is 0 Å². The molecule has 1 aromatic heterocycles. The van der Waals surface area contributed by atoms with Crippen LogP contribution in [0, 0.1) is 0 Å². The second-order valence-corrected chi connectivity index (χ2v) is 3.63. The van der Waals surface area contributed by atoms with Gasteiger partial charge < -0.3 is 15.3 Å². The molecule has 2 rings (SSSR count). The smallest absolute Gasteiger partial charge is 0.396 e. The lowest BCUT2D eigenvalue weighted by molar-refractivity contribution is 0.0698. The highest BCUT2D eigenvalue weighted by Gasteiger charge is 2.14. The molecule has 3 N–H and O–H groups in total. The third-order valence-electron chi connectivity index (χ3n) is 1.69. The molecule has 2 aromatic rings. The number of fused-ring (bicyclic) bond motifs is 1. The summed E-state index contributed by atoms with van der Waals surface area (Å²) < 4.78 is 5.19. The van der Waals surface area contributed by atoms with Gasteiger partial charge in [-0.15, -0.1) is 0 Å². The molecule has 0 unspecified atom stereocenters. The predicted molar refractivity (Wildman–Crippen MR) is 51.7 cm³/mol. The molecule has 0 bridgehead atoms. The molecule has 0 spiro atoms. The summed E-state index contributed by atoms with van der Waals surface area (Å²) in [7, 11) is 0. The van der Waals surface area contributed by atoms with Gasteiger partial charge in [0.25, 0.3) is 0 Å². The topological polar surface area (TPSA) is 93.5 Å². The maximum atomic E-state index is 10.9. The molecular formula is C8H5NO4S. The van der Waals surface area contributed by atoms with E-state index < -0.39 is 10.9 Å². The zero-order valence-electron chi connectivity index (χ0n) is 6.81. The maximum absolute atomic E-state index is 10.9. The molecular weight excluding hydrogens is 206 g/mol. The summed E-state index contributed by atoms with van der Waals surface area (Å²) in [5.41, 5.74) is 5.77. The van der Waals surface area contributed by atoms with E-state index in [9.17, 15) is 9.59 Å². The van der Waals surface area contributed by atoms with Crippen LogP contribution in [0.5, 0.6) is 0 Å². The Bertz CT molecular complexity index is 568. The van der Waals surface area contributed by atoms with Crippen molar-refractivity contribution in [3.8, 4) is 0 Å². The number of carboxylic acid groups (broad SMARTS) is 1. The van der Waals surface area contributed by atoms with Gasteiger partial charge in [0.05, 0.1) is 4.70 Å². The zero-order valence-corrected chi connectivity index (χ0v) is 7.63. The molecule has 0 aliphatic rings. The average molecular weight is 211 g/mol. The van der Waals surface area contributed by atoms with Crippen LogP contribution in [0.3, 0.4) is 0 Å². The van der Waals surface area contributed by atoms with Crippen LogP contribution in [0.25, 0.3) is 10.3 Å². The zero-order chi connectivity index (χ0) is 10.3. The Morgan fingerprint density at radius 2 is 2.21 bits per heavy atom. The number of rotatable bonds is 1. The van der Waals surface area contributed by atoms with Crippen LogP contribution < -0.4 is 10.7 Å². The van der Waals surface area contributed by atoms with Crippen molar-refractivity contribution in [3.63, 3.8) is 0 Å². The van der Waals surface area contributed by atoms with Crippen molar-refractivity contribution in [2.24, 2.45) is 0 Å². The second kappa shape index (κ2) is 2.85. The first-order valence-corrected chi connectivity index (χ1v) is 4.46. The number of hydrogen-bond acceptors (Lipinski definition) is 5. The Balaban J connectivity index is 2.92. The third-order valence-corrected chi connectivity index (χ3v) is 2.46. The van der Waals surface area contributed by atoms with Gasteiger partial charge in [0, 0.05) is 5.69 Å². The number of anilines is 1. The molecule has 1 heterocycles. The monoisotopic (exact) mass is 211 g/mol. The van der Waals surface area contributed by atoms with Crippen molar-refractivity contribution >= 4 is 33.3 Å². The molecule has 0 aliphatic carbocycles. The minimum Gasteiger partial charge on any atom is -0.478 e. The summed E-state index contributed by atoms with van der Waals surface area (Å²) in [4.78, 5) is 21.1. The van der Waals surface area contributed by atoms with E-state index in [-0.39, 0.29) is 11.1 Å². The van der Waals surface area contributed by atoms with Crippen molar-refractivity contribution in [3.05, 3.63) is 27.4 Å². The van der Waals surface area contributed by atoms with E-state index in [1.165, 1.54) is 12.1 Å². The number of carboxylic acids is 1. The molecule has 6 heteroatoms. The predicted octanol–water partition coefficient (Wildman–Crippen LogP) is 1.13. The molecule has 0 saturated carbocycles. The Kier molecular flexibility index (Phi) is 1.78. The van der Waals surface area contributed by atoms with E-state index in [4.69, 9.17) is 15.3 Å². The summed E-state index contributed by atoms with van der Waals surface area (Å²) in [5, 5.41) is 8.80. The third kappa shape index (κ3) is 1.25. The lowest BCUT2D eigenvalue weighted by atomic mass is 10.2. The molecule has 1 aromatic carbocycles. The lowest BCUT2D eigenvalue weighted by Crippen LogP contribution is -1.98. The van der Waals surface area contributed by atoms with Crippen molar-refractivity contribution in [2.75, 3.05) is 5.73 Å². The number of nitrogens with two attached hydrogens (primary N) is 1. The number of benzene rings is 1. The fraction of sp³-hybridized carbons (Fsp3) is 0. The van der Waals surface area contributed by atoms with Crippen molar-refractivity contribution in [2.45, 2.75) is 0 Å². The summed E-state index contributed by atoms with van der Waals surface area (Å²) in [6, 6.07) is 2.78. The number of hydrogen-bond donors (Lipinski definition) is 2. The van der Waals surface area contributed by atoms with Crippen molar-refractivity contribution < 1.29 is 14.3 Å². The van der Waals surface area contributed by atoms with Gasteiger partial charge in [0.15, 0.2) is 5.58 Å². The molecule has 14 heavy (non-hydrogen) atoms. The molecule has 0 fully saturated rings. The number of carbonyl (C=O) groups is 1. The van der Waals surface area contributed by atoms with Crippen LogP contribution in [0.1, 0.15) is 10.4 Å². The Hall–Kier alpha value is -1.82. The molecule has 0 aliphatic heterocycles. The Morgan fingerprint density at radius 3 is 2.86 bits per heavy atom. The van der Waals surface area contributed by atoms with Crippen molar-refractivity contribution in [1.82, 2.24) is 0 Å². The van der Waals surface area contributed by atoms with Crippen LogP contribution in [0.4, 0.5) is 5.69 Å². The quantitative estimate of drug-likeness (QED) is 0.689. The van der Waals surface area contributed by atoms with E-state index in [2.05, 4.69) is 0 Å². The average Bonchev–Trinajstić information content (AvgIpc) is 2.42. The minimum atomic E-state index is -1.16. The van der Waals surface area contributed by atoms with Gasteiger partial charge in [0.2, 0.25) is 0 Å². The Labute approximate surface area is 81.4 Å². The second-order valence-electron chi connectivity index (χ2n) is 2.66. The van der Waals surface area contributed by atoms with E-state index in [0.29, 0.717) is 10.4 Å². The molecule has 0 atom stereocenters. The normalized spacial score (nSPS) is 10.6. The standard InChI is InChI=1S/C8H5NO4S/c9-3-1-4(7(10)11)6-5(2-3)14-8(12)13-6/h1-2H,9H2,(H,10,11). The summed E-state index contributed by atoms with van der Waals surface area (Å²) in [6.45, 7) is 0. The van der Waals surface area contributed by atoms with Gasteiger partial charge in [-0.05, 0) is 12.1 Å². The summed E-state index contributed by atoms with van der Waals surface area (Å²) >= 11 is 0.832. The number of nitrogen functional groups attached to an aromatic ring is 1. The highest BCUT2D eigenvalue weighted by atomic mass is 32.1. The molecule has 5 nitrogen and oxygen atoms in total. The van der Waals surface area contributed by atoms with Gasteiger partial charge in [0.1, 0.15) is 5.56 Å². The minimum absolute atomic E-state index is 0.0849. The fourth-order valence-corrected chi connectivity index (χ4v) is 1.90. The van der Waals surface area contributed by atoms with Crippen LogP contribution >= 0.6 is 11.3 Å². The van der Waals surface area contributed by atoms with Crippen LogP contribution in [0.15, 0.2) is 21.3 Å². The van der Waals surface area contributed by atoms with Crippen molar-refractivity contribution in [1.29, 1.82) is 0 Å². The fourth-order valence-electron chi connectivity index (χ4n) is 1.16. The van der Waals surface area contributed by atoms with E-state index >= 15 is 0 Å². The van der Waals surface area contributed by atoms with Gasteiger partial charge in [-0.3, -0.25) is 0 Å². The first kappa shape index (κ1) is 8.76. The Morgan fingerprint density at radius 1 is 1.50 bits per heavy atom. The number of aromatic carboxylic acids is 1. The highest BCUT2D eigenvalue weighted by Crippen LogP contribution is 2.24. The molecule has 0 saturated heterocycles. The molecule has 72 valence electrons. The van der Waals surface area contributed by atoms with Gasteiger partial charge in [-0.25, -0.2) is 9.59 Å². The van der Waals surface area contributed by atoms with E-state index in [0.717, 1.165) is 11.3 Å². The van der Waals surface area contributed by atoms with Gasteiger partial charge >= 0.3 is 10.9 Å². The first-order chi connectivity index (χ1) is 6.58. The van der Waals surface area contributed by atoms with E-state index in [1.54, 1.807) is 0 Å². The molecule has 0 radical (unpaired) electrons. The molecule has 0 amide bonds. The first-order valence-electron chi connectivity index (χ1n) is 3.64. The lowest BCUT2D eigenvalue weighted by Gasteiger charge is -1.96. The van der Waals surface area contributed by atoms with Gasteiger partial charge in [-0.1, -0.05) is 11.3 Å². The van der Waals surface area contributed by atoms with Crippen LogP contribution in [-0.4, -0.2) is 11.1 Å². The largest absolute Gasteiger partial charge is 0.478 e. The van der Waals surface area contributed by atoms with Crippen LogP contribution in [0.2, 0.25) is 0 Å². The summed E-state index contributed by atoms with van der Waals surface area (Å²) in [6.07, 6.45) is 0. The van der Waals surface area contributed by atoms with Crippen LogP contribution in [-0.2, 0) is 0 Å². The summed E-state index contributed by atoms with van der Waals surface area (Å²) in [5.74, 6) is -1.16. The maximum Gasteiger partial charge on any atom is 0.396 e. The van der Waals surface area contributed by atoms with Gasteiger partial charge in [-0.2, -0.15) is 0 Å².